The molecule has 10 rings (SSSR count). The van der Waals surface area contributed by atoms with Crippen molar-refractivity contribution >= 4 is 40.9 Å². The number of aromatic nitrogens is 1. The van der Waals surface area contributed by atoms with E-state index in [0.717, 1.165) is 27.6 Å². The molecule has 1 saturated carbocycles. The van der Waals surface area contributed by atoms with Crippen molar-refractivity contribution < 1.29 is 48.3 Å². The fourth-order valence-corrected chi connectivity index (χ4v) is 14.2. The normalized spacial score (nSPS) is 34.2. The number of anilines is 1. The number of aliphatic hydroxyl groups is 2. The molecular weight excluding hydrogens is 841 g/mol. The number of carbonyl (C=O) groups excluding carboxylic acids is 4. The van der Waals surface area contributed by atoms with Gasteiger partial charge in [0.05, 0.1) is 38.7 Å². The van der Waals surface area contributed by atoms with Crippen LogP contribution in [-0.2, 0) is 50.6 Å². The quantitative estimate of drug-likeness (QED) is 0.0872. The van der Waals surface area contributed by atoms with Crippen molar-refractivity contribution in [3.63, 3.8) is 0 Å². The lowest BCUT2D eigenvalue weighted by Gasteiger charge is -2.63. The molecule has 6 aliphatic rings. The number of esters is 3. The van der Waals surface area contributed by atoms with Gasteiger partial charge in [-0.15, -0.1) is 0 Å². The molecule has 2 bridgehead atoms. The summed E-state index contributed by atoms with van der Waals surface area (Å²) in [5.41, 5.74) is -1.28. The summed E-state index contributed by atoms with van der Waals surface area (Å²) in [5.74, 6) is -2.12. The Hall–Kier alpha value is -5.54. The summed E-state index contributed by atoms with van der Waals surface area (Å²) < 4.78 is 23.9. The zero-order valence-electron chi connectivity index (χ0n) is 38.6. The number of rotatable bonds is 9. The summed E-state index contributed by atoms with van der Waals surface area (Å²) in [6, 6.07) is 18.4. The third kappa shape index (κ3) is 5.93. The van der Waals surface area contributed by atoms with Crippen molar-refractivity contribution in [1.29, 1.82) is 0 Å². The average Bonchev–Trinajstić information content (AvgIpc) is 4.00. The molecule has 1 amide bonds. The second-order valence-corrected chi connectivity index (χ2v) is 19.7. The molecule has 14 heteroatoms. The van der Waals surface area contributed by atoms with Gasteiger partial charge in [-0.05, 0) is 91.4 Å². The van der Waals surface area contributed by atoms with Gasteiger partial charge in [0.1, 0.15) is 11.2 Å². The topological polar surface area (TPSA) is 171 Å². The minimum Gasteiger partial charge on any atom is -0.496 e. The van der Waals surface area contributed by atoms with Crippen LogP contribution in [0.1, 0.15) is 75.3 Å². The number of hydrogen-bond donors (Lipinski definition) is 3. The van der Waals surface area contributed by atoms with Crippen LogP contribution in [-0.4, -0.2) is 133 Å². The second kappa shape index (κ2) is 15.8. The van der Waals surface area contributed by atoms with Gasteiger partial charge in [-0.3, -0.25) is 24.2 Å². The van der Waals surface area contributed by atoms with E-state index >= 15 is 4.79 Å². The van der Waals surface area contributed by atoms with E-state index in [1.165, 1.54) is 33.2 Å². The largest absolute Gasteiger partial charge is 0.496 e. The second-order valence-electron chi connectivity index (χ2n) is 19.7. The first-order valence-electron chi connectivity index (χ1n) is 23.3. The van der Waals surface area contributed by atoms with E-state index in [4.69, 9.17) is 18.9 Å². The van der Waals surface area contributed by atoms with Crippen molar-refractivity contribution in [2.24, 2.45) is 11.3 Å². The van der Waals surface area contributed by atoms with Gasteiger partial charge in [0.15, 0.2) is 6.10 Å². The van der Waals surface area contributed by atoms with E-state index in [1.54, 1.807) is 6.07 Å². The van der Waals surface area contributed by atoms with E-state index in [1.807, 2.05) is 50.3 Å². The zero-order chi connectivity index (χ0) is 46.6. The molecule has 4 aromatic rings. The third-order valence-electron chi connectivity index (χ3n) is 16.7. The summed E-state index contributed by atoms with van der Waals surface area (Å²) in [6.07, 6.45) is 5.73. The molecule has 1 aromatic heterocycles. The highest BCUT2D eigenvalue weighted by atomic mass is 16.6. The van der Waals surface area contributed by atoms with Crippen molar-refractivity contribution in [3.8, 4) is 16.9 Å². The monoisotopic (exact) mass is 900 g/mol. The number of aromatic amines is 1. The smallest absolute Gasteiger partial charge is 0.344 e. The summed E-state index contributed by atoms with van der Waals surface area (Å²) in [7, 11) is 4.11. The molecular formula is C52H60N4O10. The minimum atomic E-state index is -2.55. The number of ether oxygens (including phenoxy) is 4. The van der Waals surface area contributed by atoms with Gasteiger partial charge in [-0.25, -0.2) is 4.79 Å². The molecule has 14 nitrogen and oxygen atoms in total. The lowest BCUT2D eigenvalue weighted by molar-refractivity contribution is -0.228. The van der Waals surface area contributed by atoms with Gasteiger partial charge in [0.25, 0.3) is 0 Å². The Morgan fingerprint density at radius 3 is 2.35 bits per heavy atom. The molecule has 3 fully saturated rings. The Morgan fingerprint density at radius 1 is 0.894 bits per heavy atom. The van der Waals surface area contributed by atoms with Gasteiger partial charge >= 0.3 is 17.9 Å². The van der Waals surface area contributed by atoms with Gasteiger partial charge in [0, 0.05) is 78.2 Å². The zero-order valence-corrected chi connectivity index (χ0v) is 38.6. The highest BCUT2D eigenvalue weighted by molar-refractivity contribution is 5.97. The predicted octanol–water partition coefficient (Wildman–Crippen LogP) is 5.18. The Labute approximate surface area is 384 Å². The Kier molecular flexibility index (Phi) is 10.6. The number of piperidine rings is 1. The van der Waals surface area contributed by atoms with Crippen LogP contribution in [0, 0.1) is 11.3 Å². The number of carbonyl (C=O) groups is 4. The molecule has 1 aliphatic carbocycles. The highest BCUT2D eigenvalue weighted by Gasteiger charge is 2.81. The molecule has 3 N–H and O–H groups in total. The predicted molar refractivity (Wildman–Crippen MR) is 246 cm³/mol. The maximum Gasteiger partial charge on any atom is 0.344 e. The highest BCUT2D eigenvalue weighted by Crippen LogP contribution is 2.68. The van der Waals surface area contributed by atoms with Gasteiger partial charge in [-0.1, -0.05) is 62.4 Å². The number of nitrogens with zero attached hydrogens (tertiary/aromatic N) is 3. The molecule has 66 heavy (non-hydrogen) atoms. The summed E-state index contributed by atoms with van der Waals surface area (Å²) in [5, 5.41) is 26.5. The molecule has 5 aliphatic heterocycles. The van der Waals surface area contributed by atoms with Crippen LogP contribution in [0.2, 0.25) is 0 Å². The van der Waals surface area contributed by atoms with E-state index in [2.05, 4.69) is 45.1 Å². The van der Waals surface area contributed by atoms with Crippen LogP contribution in [0.3, 0.4) is 0 Å². The lowest BCUT2D eigenvalue weighted by Crippen LogP contribution is -2.81. The molecule has 10 atom stereocenters. The first kappa shape index (κ1) is 44.3. The maximum absolute atomic E-state index is 15.6. The van der Waals surface area contributed by atoms with Crippen molar-refractivity contribution in [2.75, 3.05) is 59.0 Å². The fourth-order valence-electron chi connectivity index (χ4n) is 14.2. The first-order valence-corrected chi connectivity index (χ1v) is 23.3. The van der Waals surface area contributed by atoms with Gasteiger partial charge in [-0.2, -0.15) is 0 Å². The molecule has 348 valence electrons. The Morgan fingerprint density at radius 2 is 1.67 bits per heavy atom. The standard InChI is InChI=1S/C52H60N4O10/c1-7-48(61)26-32-27-51(46(59)64-5,42-35(17-21-54(28-32)29-48)36-23-34(15-16-39(36)53-42)33-13-10-9-11-14-33)38-24-37-40(25-41(38)63-4)56(30-57)44-50(37)19-22-55-20-12-18-49(8-2,43(50)55)45(66-31(3)58)52(44,62)47(60)65-6/h9-16,18,23-25,30,32,43-45,53,61-62H,7-8,17,19-22,26-29H2,1-6H3/t32-,43+,44-,45-,48-,49-,50-,51+,52+/m1/s1. The molecule has 2 saturated heterocycles. The molecule has 0 radical (unpaired) electrons. The van der Waals surface area contributed by atoms with Crippen molar-refractivity contribution in [2.45, 2.75) is 99.5 Å². The number of hydrogen-bond acceptors (Lipinski definition) is 12. The minimum absolute atomic E-state index is 0.183. The number of fused-ring (bicyclic) bond motifs is 6. The number of benzene rings is 3. The molecule has 1 unspecified atom stereocenters. The van der Waals surface area contributed by atoms with Crippen LogP contribution in [0.5, 0.6) is 5.75 Å². The molecule has 3 aromatic carbocycles. The Balaban J connectivity index is 1.29. The number of methoxy groups -OCH3 is 3. The van der Waals surface area contributed by atoms with Gasteiger partial charge < -0.3 is 39.0 Å². The number of amides is 1. The summed E-state index contributed by atoms with van der Waals surface area (Å²) in [4.78, 5) is 66.9. The van der Waals surface area contributed by atoms with E-state index < -0.39 is 63.5 Å². The van der Waals surface area contributed by atoms with E-state index in [-0.39, 0.29) is 12.3 Å². The van der Waals surface area contributed by atoms with Crippen LogP contribution < -0.4 is 9.64 Å². The molecule has 1 spiro atoms. The Bertz CT molecular complexity index is 2670. The van der Waals surface area contributed by atoms with Crippen LogP contribution in [0.25, 0.3) is 22.0 Å². The van der Waals surface area contributed by atoms with Crippen molar-refractivity contribution in [1.82, 2.24) is 14.8 Å². The molecule has 6 heterocycles. The maximum atomic E-state index is 15.6. The first-order chi connectivity index (χ1) is 31.7. The summed E-state index contributed by atoms with van der Waals surface area (Å²) in [6.45, 7) is 8.09. The number of H-pyrrole nitrogens is 1. The summed E-state index contributed by atoms with van der Waals surface area (Å²) >= 11 is 0. The SMILES string of the molecule is CC[C@@]1(O)C[C@H]2CN(CCc3c([nH]c4ccc(-c5ccccc5)cc34)[C@@](C(=O)OC)(c3cc4c(cc3OC)N(C=O)[C@H]3[C@@](O)(C(=O)OC)[C@H](OC(C)=O)[C@]5(CC)C=CCN6CC[C@]43[C@@H]65)C2)C1. The van der Waals surface area contributed by atoms with Crippen molar-refractivity contribution in [3.05, 3.63) is 95.2 Å². The number of nitrogens with one attached hydrogen (secondary N) is 1. The van der Waals surface area contributed by atoms with Crippen LogP contribution >= 0.6 is 0 Å². The lowest BCUT2D eigenvalue weighted by atomic mass is 9.47. The van der Waals surface area contributed by atoms with E-state index in [0.29, 0.717) is 99.5 Å². The fraction of sp³-hybridized carbons (Fsp3) is 0.500. The van der Waals surface area contributed by atoms with E-state index in [9.17, 15) is 24.6 Å². The van der Waals surface area contributed by atoms with Gasteiger partial charge in [0.2, 0.25) is 12.0 Å². The van der Waals surface area contributed by atoms with Crippen LogP contribution in [0.15, 0.2) is 72.8 Å². The van der Waals surface area contributed by atoms with Crippen LogP contribution in [0.4, 0.5) is 5.69 Å². The third-order valence-corrected chi connectivity index (χ3v) is 16.7. The average molecular weight is 901 g/mol.